The molecule has 0 unspecified atom stereocenters. The highest BCUT2D eigenvalue weighted by Gasteiger charge is 2.16. The van der Waals surface area contributed by atoms with Crippen LogP contribution in [0.15, 0.2) is 56.7 Å². The molecular formula is C17H13BrN2O4. The van der Waals surface area contributed by atoms with Gasteiger partial charge < -0.3 is 14.6 Å². The molecule has 0 aromatic heterocycles. The van der Waals surface area contributed by atoms with Crippen molar-refractivity contribution >= 4 is 39.4 Å². The maximum absolute atomic E-state index is 11.0. The predicted octanol–water partition coefficient (Wildman–Crippen LogP) is 4.73. The Labute approximate surface area is 146 Å². The number of fused-ring (bicyclic) bond motifs is 1. The number of hydrogen-bond acceptors (Lipinski definition) is 5. The molecule has 0 fully saturated rings. The Morgan fingerprint density at radius 2 is 2.08 bits per heavy atom. The Balaban J connectivity index is 1.90. The normalized spacial score (nSPS) is 13.2. The summed E-state index contributed by atoms with van der Waals surface area (Å²) in [6.07, 6.45) is 1.58. The first-order valence-electron chi connectivity index (χ1n) is 7.03. The van der Waals surface area contributed by atoms with Crippen LogP contribution in [0.2, 0.25) is 0 Å². The minimum atomic E-state index is -0.993. The van der Waals surface area contributed by atoms with E-state index in [1.165, 1.54) is 0 Å². The Bertz CT molecular complexity index is 862. The van der Waals surface area contributed by atoms with Crippen LogP contribution < -0.4 is 9.47 Å². The molecule has 2 aromatic carbocycles. The minimum absolute atomic E-state index is 0.0549. The van der Waals surface area contributed by atoms with Gasteiger partial charge in [0.25, 0.3) is 0 Å². The van der Waals surface area contributed by atoms with Gasteiger partial charge in [0, 0.05) is 10.0 Å². The number of rotatable bonds is 4. The third kappa shape index (κ3) is 3.46. The summed E-state index contributed by atoms with van der Waals surface area (Å²) in [6, 6.07) is 10.7. The number of methoxy groups -OCH3 is 1. The van der Waals surface area contributed by atoms with Gasteiger partial charge in [-0.15, -0.1) is 5.11 Å². The van der Waals surface area contributed by atoms with E-state index in [-0.39, 0.29) is 12.2 Å². The molecule has 122 valence electrons. The van der Waals surface area contributed by atoms with Crippen LogP contribution >= 0.6 is 15.9 Å². The van der Waals surface area contributed by atoms with Crippen LogP contribution in [0.25, 0.3) is 6.08 Å². The average Bonchev–Trinajstić information content (AvgIpc) is 2.59. The first kappa shape index (κ1) is 16.2. The molecule has 0 aliphatic carbocycles. The Kier molecular flexibility index (Phi) is 4.61. The van der Waals surface area contributed by atoms with Crippen LogP contribution in [-0.4, -0.2) is 24.8 Å². The fourth-order valence-electron chi connectivity index (χ4n) is 2.20. The van der Waals surface area contributed by atoms with E-state index in [1.54, 1.807) is 43.5 Å². The maximum Gasteiger partial charge on any atom is 0.335 e. The molecule has 0 bridgehead atoms. The molecular weight excluding hydrogens is 376 g/mol. The summed E-state index contributed by atoms with van der Waals surface area (Å²) in [5.74, 6) is 0.231. The van der Waals surface area contributed by atoms with Crippen LogP contribution in [0.4, 0.5) is 11.4 Å². The molecule has 0 saturated carbocycles. The summed E-state index contributed by atoms with van der Waals surface area (Å²) in [5, 5.41) is 17.4. The first-order chi connectivity index (χ1) is 11.6. The summed E-state index contributed by atoms with van der Waals surface area (Å²) in [4.78, 5) is 11.0. The maximum atomic E-state index is 11.0. The topological polar surface area (TPSA) is 80.5 Å². The second-order valence-corrected chi connectivity index (χ2v) is 5.92. The van der Waals surface area contributed by atoms with Gasteiger partial charge in [0.05, 0.1) is 18.4 Å². The number of benzene rings is 2. The van der Waals surface area contributed by atoms with Crippen LogP contribution in [0.5, 0.6) is 11.5 Å². The highest BCUT2D eigenvalue weighted by molar-refractivity contribution is 9.10. The van der Waals surface area contributed by atoms with Crippen molar-refractivity contribution in [2.45, 2.75) is 0 Å². The predicted molar refractivity (Wildman–Crippen MR) is 92.4 cm³/mol. The van der Waals surface area contributed by atoms with E-state index in [0.29, 0.717) is 28.4 Å². The standard InChI is InChI=1S/C17H13BrN2O4/c1-23-16-8-12(18)2-4-14(16)20-19-13-3-5-15-10(7-13)6-11(9-24-15)17(21)22/h2-8H,9H2,1H3,(H,21,22)/b20-19+. The number of nitrogens with zero attached hydrogens (tertiary/aromatic N) is 2. The van der Waals surface area contributed by atoms with Crippen molar-refractivity contribution in [1.29, 1.82) is 0 Å². The van der Waals surface area contributed by atoms with Gasteiger partial charge in [0.1, 0.15) is 23.8 Å². The largest absolute Gasteiger partial charge is 0.494 e. The van der Waals surface area contributed by atoms with Gasteiger partial charge in [-0.25, -0.2) is 4.79 Å². The van der Waals surface area contributed by atoms with Crippen LogP contribution in [0, 0.1) is 0 Å². The summed E-state index contributed by atoms with van der Waals surface area (Å²) >= 11 is 3.37. The highest BCUT2D eigenvalue weighted by atomic mass is 79.9. The molecule has 7 heteroatoms. The van der Waals surface area contributed by atoms with Gasteiger partial charge in [0.15, 0.2) is 0 Å². The van der Waals surface area contributed by atoms with Crippen LogP contribution in [0.3, 0.4) is 0 Å². The van der Waals surface area contributed by atoms with Crippen molar-refractivity contribution in [2.75, 3.05) is 13.7 Å². The second-order valence-electron chi connectivity index (χ2n) is 5.00. The number of carbonyl (C=O) groups is 1. The van der Waals surface area contributed by atoms with E-state index in [1.807, 2.05) is 6.07 Å². The Hall–Kier alpha value is -2.67. The lowest BCUT2D eigenvalue weighted by Gasteiger charge is -2.15. The fourth-order valence-corrected chi connectivity index (χ4v) is 2.54. The number of carboxylic acid groups (broad SMARTS) is 1. The average molecular weight is 389 g/mol. The van der Waals surface area contributed by atoms with E-state index in [2.05, 4.69) is 26.2 Å². The number of hydrogen-bond donors (Lipinski definition) is 1. The Morgan fingerprint density at radius 1 is 1.25 bits per heavy atom. The number of aliphatic carboxylic acids is 1. The smallest absolute Gasteiger partial charge is 0.335 e. The van der Waals surface area contributed by atoms with Crippen molar-refractivity contribution < 1.29 is 19.4 Å². The third-order valence-corrected chi connectivity index (χ3v) is 3.89. The molecule has 24 heavy (non-hydrogen) atoms. The van der Waals surface area contributed by atoms with Crippen molar-refractivity contribution in [2.24, 2.45) is 10.2 Å². The molecule has 0 radical (unpaired) electrons. The zero-order valence-corrected chi connectivity index (χ0v) is 14.3. The summed E-state index contributed by atoms with van der Waals surface area (Å²) in [6.45, 7) is 0.0549. The molecule has 2 aromatic rings. The minimum Gasteiger partial charge on any atom is -0.494 e. The summed E-state index contributed by atoms with van der Waals surface area (Å²) in [5.41, 5.74) is 2.05. The Morgan fingerprint density at radius 3 is 2.83 bits per heavy atom. The SMILES string of the molecule is COc1cc(Br)ccc1/N=N/c1ccc2c(c1)C=C(C(=O)O)CO2. The van der Waals surface area contributed by atoms with E-state index in [0.717, 1.165) is 4.47 Å². The second kappa shape index (κ2) is 6.84. The zero-order chi connectivity index (χ0) is 17.1. The molecule has 6 nitrogen and oxygen atoms in total. The van der Waals surface area contributed by atoms with Crippen molar-refractivity contribution in [3.05, 3.63) is 52.0 Å². The van der Waals surface area contributed by atoms with Crippen LogP contribution in [0.1, 0.15) is 5.56 Å². The lowest BCUT2D eigenvalue weighted by atomic mass is 10.1. The summed E-state index contributed by atoms with van der Waals surface area (Å²) < 4.78 is 11.6. The molecule has 1 aliphatic heterocycles. The van der Waals surface area contributed by atoms with Gasteiger partial charge >= 0.3 is 5.97 Å². The van der Waals surface area contributed by atoms with Crippen molar-refractivity contribution in [1.82, 2.24) is 0 Å². The monoisotopic (exact) mass is 388 g/mol. The molecule has 0 spiro atoms. The van der Waals surface area contributed by atoms with E-state index in [9.17, 15) is 4.79 Å². The van der Waals surface area contributed by atoms with E-state index < -0.39 is 5.97 Å². The third-order valence-electron chi connectivity index (χ3n) is 3.40. The van der Waals surface area contributed by atoms with Crippen molar-refractivity contribution in [3.63, 3.8) is 0 Å². The fraction of sp³-hybridized carbons (Fsp3) is 0.118. The number of carboxylic acids is 1. The van der Waals surface area contributed by atoms with E-state index in [4.69, 9.17) is 14.6 Å². The van der Waals surface area contributed by atoms with Gasteiger partial charge in [-0.3, -0.25) is 0 Å². The molecule has 1 aliphatic rings. The number of azo groups is 1. The molecule has 0 amide bonds. The van der Waals surface area contributed by atoms with E-state index >= 15 is 0 Å². The molecule has 1 N–H and O–H groups in total. The number of halogens is 1. The highest BCUT2D eigenvalue weighted by Crippen LogP contribution is 2.34. The molecule has 3 rings (SSSR count). The zero-order valence-electron chi connectivity index (χ0n) is 12.7. The molecule has 0 atom stereocenters. The lowest BCUT2D eigenvalue weighted by molar-refractivity contribution is -0.132. The van der Waals surface area contributed by atoms with Crippen LogP contribution in [-0.2, 0) is 4.79 Å². The van der Waals surface area contributed by atoms with Gasteiger partial charge in [0.2, 0.25) is 0 Å². The summed E-state index contributed by atoms with van der Waals surface area (Å²) in [7, 11) is 1.56. The lowest BCUT2D eigenvalue weighted by Crippen LogP contribution is -2.13. The molecule has 1 heterocycles. The van der Waals surface area contributed by atoms with Gasteiger partial charge in [-0.1, -0.05) is 15.9 Å². The quantitative estimate of drug-likeness (QED) is 0.767. The van der Waals surface area contributed by atoms with Gasteiger partial charge in [-0.05, 0) is 42.5 Å². The molecule has 0 saturated heterocycles. The van der Waals surface area contributed by atoms with Gasteiger partial charge in [-0.2, -0.15) is 5.11 Å². The van der Waals surface area contributed by atoms with Crippen molar-refractivity contribution in [3.8, 4) is 11.5 Å². The first-order valence-corrected chi connectivity index (χ1v) is 7.82. The number of ether oxygens (including phenoxy) is 2.